The lowest BCUT2D eigenvalue weighted by molar-refractivity contribution is 0.201. The van der Waals surface area contributed by atoms with E-state index in [0.717, 1.165) is 29.3 Å². The molecule has 0 saturated heterocycles. The fourth-order valence-electron chi connectivity index (χ4n) is 3.60. The molecule has 1 aliphatic carbocycles. The van der Waals surface area contributed by atoms with Crippen molar-refractivity contribution in [3.8, 4) is 0 Å². The maximum Gasteiger partial charge on any atom is 0.315 e. The first kappa shape index (κ1) is 18.0. The highest BCUT2D eigenvalue weighted by molar-refractivity contribution is 9.10. The highest BCUT2D eigenvalue weighted by Crippen LogP contribution is 2.31. The van der Waals surface area contributed by atoms with Crippen LogP contribution in [-0.2, 0) is 20.0 Å². The minimum Gasteiger partial charge on any atom is -0.334 e. The normalized spacial score (nSPS) is 16.4. The predicted molar refractivity (Wildman–Crippen MR) is 102 cm³/mol. The van der Waals surface area contributed by atoms with Crippen molar-refractivity contribution in [2.75, 3.05) is 0 Å². The van der Waals surface area contributed by atoms with E-state index in [1.807, 2.05) is 13.2 Å². The van der Waals surface area contributed by atoms with E-state index in [-0.39, 0.29) is 11.6 Å². The standard InChI is InChI=1S/C19H25BrN4O/c1-24-14-16(13-22-24)12-21-18(25)23-19(9-3-2-4-10-19)11-15-5-7-17(20)8-6-15/h5-8,13-14H,2-4,9-12H2,1H3,(H2,21,23,25). The SMILES string of the molecule is Cn1cc(CNC(=O)NC2(Cc3ccc(Br)cc3)CCCCC2)cn1. The third kappa shape index (κ3) is 5.08. The first-order valence-electron chi connectivity index (χ1n) is 8.83. The summed E-state index contributed by atoms with van der Waals surface area (Å²) in [5.41, 5.74) is 2.12. The Hall–Kier alpha value is -1.82. The molecule has 134 valence electrons. The topological polar surface area (TPSA) is 59.0 Å². The van der Waals surface area contributed by atoms with Crippen LogP contribution in [0.4, 0.5) is 4.79 Å². The highest BCUT2D eigenvalue weighted by Gasteiger charge is 2.33. The van der Waals surface area contributed by atoms with E-state index in [9.17, 15) is 4.79 Å². The number of carbonyl (C=O) groups excluding carboxylic acids is 1. The Morgan fingerprint density at radius 2 is 1.92 bits per heavy atom. The zero-order valence-corrected chi connectivity index (χ0v) is 16.2. The monoisotopic (exact) mass is 404 g/mol. The zero-order chi connectivity index (χ0) is 17.7. The van der Waals surface area contributed by atoms with Gasteiger partial charge in [-0.3, -0.25) is 4.68 Å². The summed E-state index contributed by atoms with van der Waals surface area (Å²) in [5, 5.41) is 10.4. The minimum atomic E-state index is -0.148. The van der Waals surface area contributed by atoms with Crippen molar-refractivity contribution in [1.29, 1.82) is 0 Å². The summed E-state index contributed by atoms with van der Waals surface area (Å²) in [5.74, 6) is 0. The van der Waals surface area contributed by atoms with E-state index in [1.54, 1.807) is 10.9 Å². The number of hydrogen-bond acceptors (Lipinski definition) is 2. The van der Waals surface area contributed by atoms with Gasteiger partial charge in [0, 0.05) is 35.4 Å². The molecule has 1 fully saturated rings. The number of hydrogen-bond donors (Lipinski definition) is 2. The maximum atomic E-state index is 12.5. The largest absolute Gasteiger partial charge is 0.334 e. The van der Waals surface area contributed by atoms with Gasteiger partial charge in [0.2, 0.25) is 0 Å². The summed E-state index contributed by atoms with van der Waals surface area (Å²) < 4.78 is 2.82. The number of nitrogens with one attached hydrogen (secondary N) is 2. The molecule has 0 radical (unpaired) electrons. The molecule has 2 N–H and O–H groups in total. The molecule has 1 aromatic carbocycles. The summed E-state index contributed by atoms with van der Waals surface area (Å²) in [6, 6.07) is 8.30. The Kier molecular flexibility index (Phi) is 5.78. The summed E-state index contributed by atoms with van der Waals surface area (Å²) in [6.07, 6.45) is 10.2. The molecule has 1 aromatic heterocycles. The van der Waals surface area contributed by atoms with Crippen LogP contribution in [0.15, 0.2) is 41.1 Å². The fourth-order valence-corrected chi connectivity index (χ4v) is 3.86. The van der Waals surface area contributed by atoms with Gasteiger partial charge in [-0.05, 0) is 37.0 Å². The third-order valence-corrected chi connectivity index (χ3v) is 5.39. The van der Waals surface area contributed by atoms with Gasteiger partial charge in [0.25, 0.3) is 0 Å². The van der Waals surface area contributed by atoms with Gasteiger partial charge in [0.1, 0.15) is 0 Å². The van der Waals surface area contributed by atoms with E-state index in [1.165, 1.54) is 24.8 Å². The quantitative estimate of drug-likeness (QED) is 0.792. The van der Waals surface area contributed by atoms with Crippen molar-refractivity contribution in [3.63, 3.8) is 0 Å². The molecule has 6 heteroatoms. The first-order chi connectivity index (χ1) is 12.0. The highest BCUT2D eigenvalue weighted by atomic mass is 79.9. The fraction of sp³-hybridized carbons (Fsp3) is 0.474. The van der Waals surface area contributed by atoms with Crippen molar-refractivity contribution < 1.29 is 4.79 Å². The van der Waals surface area contributed by atoms with Crippen molar-refractivity contribution in [3.05, 3.63) is 52.3 Å². The summed E-state index contributed by atoms with van der Waals surface area (Å²) >= 11 is 3.48. The summed E-state index contributed by atoms with van der Waals surface area (Å²) in [7, 11) is 1.87. The number of benzene rings is 1. The molecule has 0 atom stereocenters. The molecule has 3 rings (SSSR count). The number of amides is 2. The van der Waals surface area contributed by atoms with Gasteiger partial charge < -0.3 is 10.6 Å². The van der Waals surface area contributed by atoms with E-state index < -0.39 is 0 Å². The van der Waals surface area contributed by atoms with Crippen LogP contribution in [0.5, 0.6) is 0 Å². The van der Waals surface area contributed by atoms with Crippen LogP contribution in [-0.4, -0.2) is 21.4 Å². The third-order valence-electron chi connectivity index (χ3n) is 4.86. The Labute approximate surface area is 157 Å². The average molecular weight is 405 g/mol. The molecule has 1 heterocycles. The lowest BCUT2D eigenvalue weighted by atomic mass is 9.77. The summed E-state index contributed by atoms with van der Waals surface area (Å²) in [4.78, 5) is 12.5. The van der Waals surface area contributed by atoms with Crippen LogP contribution in [0.25, 0.3) is 0 Å². The first-order valence-corrected chi connectivity index (χ1v) is 9.62. The molecule has 5 nitrogen and oxygen atoms in total. The Morgan fingerprint density at radius 3 is 2.56 bits per heavy atom. The number of aryl methyl sites for hydroxylation is 1. The van der Waals surface area contributed by atoms with Gasteiger partial charge in [-0.15, -0.1) is 0 Å². The van der Waals surface area contributed by atoms with Crippen LogP contribution in [0.2, 0.25) is 0 Å². The molecule has 1 saturated carbocycles. The number of urea groups is 1. The smallest absolute Gasteiger partial charge is 0.315 e. The predicted octanol–water partition coefficient (Wildman–Crippen LogP) is 3.93. The Balaban J connectivity index is 1.63. The van der Waals surface area contributed by atoms with Gasteiger partial charge in [-0.25, -0.2) is 4.79 Å². The van der Waals surface area contributed by atoms with Crippen LogP contribution in [0.3, 0.4) is 0 Å². The molecule has 1 aliphatic rings. The van der Waals surface area contributed by atoms with Crippen molar-refractivity contribution >= 4 is 22.0 Å². The van der Waals surface area contributed by atoms with Gasteiger partial charge >= 0.3 is 6.03 Å². The van der Waals surface area contributed by atoms with E-state index in [4.69, 9.17) is 0 Å². The lowest BCUT2D eigenvalue weighted by Crippen LogP contribution is -2.54. The molecule has 0 unspecified atom stereocenters. The lowest BCUT2D eigenvalue weighted by Gasteiger charge is -2.38. The molecular formula is C19H25BrN4O. The second-order valence-electron chi connectivity index (χ2n) is 6.97. The van der Waals surface area contributed by atoms with Crippen LogP contribution >= 0.6 is 15.9 Å². The number of aromatic nitrogens is 2. The number of carbonyl (C=O) groups is 1. The summed E-state index contributed by atoms with van der Waals surface area (Å²) in [6.45, 7) is 0.494. The van der Waals surface area contributed by atoms with Crippen molar-refractivity contribution in [1.82, 2.24) is 20.4 Å². The Morgan fingerprint density at radius 1 is 1.20 bits per heavy atom. The van der Waals surface area contributed by atoms with Crippen LogP contribution in [0, 0.1) is 0 Å². The van der Waals surface area contributed by atoms with Gasteiger partial charge in [-0.1, -0.05) is 47.3 Å². The molecule has 2 aromatic rings. The van der Waals surface area contributed by atoms with Crippen molar-refractivity contribution in [2.45, 2.75) is 50.6 Å². The molecule has 0 bridgehead atoms. The number of halogens is 1. The average Bonchev–Trinajstić information content (AvgIpc) is 3.01. The molecule has 0 aliphatic heterocycles. The second kappa shape index (κ2) is 8.04. The van der Waals surface area contributed by atoms with Gasteiger partial charge in [0.05, 0.1) is 6.20 Å². The number of nitrogens with zero attached hydrogens (tertiary/aromatic N) is 2. The van der Waals surface area contributed by atoms with Gasteiger partial charge in [-0.2, -0.15) is 5.10 Å². The number of rotatable bonds is 5. The second-order valence-corrected chi connectivity index (χ2v) is 7.89. The van der Waals surface area contributed by atoms with E-state index in [0.29, 0.717) is 6.54 Å². The molecular weight excluding hydrogens is 380 g/mol. The Bertz CT molecular complexity index is 704. The van der Waals surface area contributed by atoms with Gasteiger partial charge in [0.15, 0.2) is 0 Å². The molecule has 2 amide bonds. The van der Waals surface area contributed by atoms with Crippen molar-refractivity contribution in [2.24, 2.45) is 7.05 Å². The zero-order valence-electron chi connectivity index (χ0n) is 14.6. The van der Waals surface area contributed by atoms with E-state index in [2.05, 4.69) is 55.9 Å². The maximum absolute atomic E-state index is 12.5. The molecule has 25 heavy (non-hydrogen) atoms. The minimum absolute atomic E-state index is 0.0946. The van der Waals surface area contributed by atoms with Crippen LogP contribution in [0.1, 0.15) is 43.2 Å². The molecule has 0 spiro atoms. The van der Waals surface area contributed by atoms with E-state index >= 15 is 0 Å². The van der Waals surface area contributed by atoms with Crippen LogP contribution < -0.4 is 10.6 Å².